The van der Waals surface area contributed by atoms with E-state index < -0.39 is 0 Å². The van der Waals surface area contributed by atoms with Crippen molar-refractivity contribution in [1.29, 1.82) is 0 Å². The maximum Gasteiger partial charge on any atom is 0.0733 e. The molecule has 0 atom stereocenters. The summed E-state index contributed by atoms with van der Waals surface area (Å²) in [6, 6.07) is 9.15. The lowest BCUT2D eigenvalue weighted by atomic mass is 9.83. The summed E-state index contributed by atoms with van der Waals surface area (Å²) in [5, 5.41) is 3.72. The van der Waals surface area contributed by atoms with Crippen LogP contribution >= 0.6 is 0 Å². The Kier molecular flexibility index (Phi) is 5.71. The molecule has 1 fully saturated rings. The van der Waals surface area contributed by atoms with E-state index in [1.54, 1.807) is 7.11 Å². The van der Waals surface area contributed by atoms with Crippen molar-refractivity contribution in [3.05, 3.63) is 29.8 Å². The second-order valence-electron chi connectivity index (χ2n) is 5.74. The minimum atomic E-state index is 0.645. The SMILES string of the molecule is CCCC1CCC(Nc2ccccc2COC)CC1. The Morgan fingerprint density at radius 3 is 2.58 bits per heavy atom. The molecule has 0 spiro atoms. The molecule has 1 N–H and O–H groups in total. The van der Waals surface area contributed by atoms with Gasteiger partial charge in [0.25, 0.3) is 0 Å². The van der Waals surface area contributed by atoms with Crippen LogP contribution in [0.5, 0.6) is 0 Å². The molecule has 106 valence electrons. The fraction of sp³-hybridized carbons (Fsp3) is 0.647. The predicted molar refractivity (Wildman–Crippen MR) is 81.4 cm³/mol. The fourth-order valence-electron chi connectivity index (χ4n) is 3.17. The van der Waals surface area contributed by atoms with Gasteiger partial charge >= 0.3 is 0 Å². The lowest BCUT2D eigenvalue weighted by molar-refractivity contribution is 0.185. The van der Waals surface area contributed by atoms with E-state index in [-0.39, 0.29) is 0 Å². The number of rotatable bonds is 6. The molecule has 0 heterocycles. The average Bonchev–Trinajstić information content (AvgIpc) is 2.44. The van der Waals surface area contributed by atoms with Crippen LogP contribution in [0, 0.1) is 5.92 Å². The summed E-state index contributed by atoms with van der Waals surface area (Å²) >= 11 is 0. The fourth-order valence-corrected chi connectivity index (χ4v) is 3.17. The molecule has 19 heavy (non-hydrogen) atoms. The van der Waals surface area contributed by atoms with Gasteiger partial charge in [0, 0.05) is 24.4 Å². The molecule has 0 amide bonds. The Bertz CT molecular complexity index is 369. The van der Waals surface area contributed by atoms with Crippen LogP contribution < -0.4 is 5.32 Å². The van der Waals surface area contributed by atoms with E-state index in [0.29, 0.717) is 12.6 Å². The molecule has 1 aromatic carbocycles. The third-order valence-corrected chi connectivity index (χ3v) is 4.22. The van der Waals surface area contributed by atoms with Crippen molar-refractivity contribution >= 4 is 5.69 Å². The van der Waals surface area contributed by atoms with Crippen molar-refractivity contribution < 1.29 is 4.74 Å². The quantitative estimate of drug-likeness (QED) is 0.807. The highest BCUT2D eigenvalue weighted by Gasteiger charge is 2.20. The highest BCUT2D eigenvalue weighted by Crippen LogP contribution is 2.30. The lowest BCUT2D eigenvalue weighted by Crippen LogP contribution is -2.26. The Morgan fingerprint density at radius 2 is 1.89 bits per heavy atom. The van der Waals surface area contributed by atoms with E-state index in [2.05, 4.69) is 36.5 Å². The normalized spacial score (nSPS) is 23.3. The maximum atomic E-state index is 5.27. The van der Waals surface area contributed by atoms with Crippen LogP contribution in [-0.4, -0.2) is 13.2 Å². The number of hydrogen-bond donors (Lipinski definition) is 1. The number of nitrogens with one attached hydrogen (secondary N) is 1. The van der Waals surface area contributed by atoms with Gasteiger partial charge in [-0.05, 0) is 37.7 Å². The number of ether oxygens (including phenoxy) is 1. The summed E-state index contributed by atoms with van der Waals surface area (Å²) in [5.41, 5.74) is 2.52. The molecule has 0 saturated heterocycles. The van der Waals surface area contributed by atoms with E-state index in [1.807, 2.05) is 0 Å². The van der Waals surface area contributed by atoms with Crippen LogP contribution in [0.4, 0.5) is 5.69 Å². The molecule has 1 aliphatic rings. The maximum absolute atomic E-state index is 5.27. The second-order valence-corrected chi connectivity index (χ2v) is 5.74. The van der Waals surface area contributed by atoms with Gasteiger partial charge in [0.1, 0.15) is 0 Å². The molecular formula is C17H27NO. The number of methoxy groups -OCH3 is 1. The van der Waals surface area contributed by atoms with E-state index in [4.69, 9.17) is 4.74 Å². The number of para-hydroxylation sites is 1. The summed E-state index contributed by atoms with van der Waals surface area (Å²) in [4.78, 5) is 0. The molecular weight excluding hydrogens is 234 g/mol. The van der Waals surface area contributed by atoms with Gasteiger partial charge in [-0.3, -0.25) is 0 Å². The molecule has 1 aliphatic carbocycles. The van der Waals surface area contributed by atoms with Crippen molar-refractivity contribution in [3.63, 3.8) is 0 Å². The van der Waals surface area contributed by atoms with Gasteiger partial charge in [-0.15, -0.1) is 0 Å². The van der Waals surface area contributed by atoms with Gasteiger partial charge in [0.05, 0.1) is 6.61 Å². The summed E-state index contributed by atoms with van der Waals surface area (Å²) < 4.78 is 5.27. The monoisotopic (exact) mass is 261 g/mol. The molecule has 2 heteroatoms. The predicted octanol–water partition coefficient (Wildman–Crippen LogP) is 4.60. The topological polar surface area (TPSA) is 21.3 Å². The van der Waals surface area contributed by atoms with Gasteiger partial charge in [-0.25, -0.2) is 0 Å². The van der Waals surface area contributed by atoms with E-state index in [1.165, 1.54) is 49.8 Å². The highest BCUT2D eigenvalue weighted by molar-refractivity contribution is 5.51. The zero-order valence-electron chi connectivity index (χ0n) is 12.3. The number of benzene rings is 1. The van der Waals surface area contributed by atoms with Crippen molar-refractivity contribution in [2.24, 2.45) is 5.92 Å². The second kappa shape index (κ2) is 7.54. The third kappa shape index (κ3) is 4.24. The average molecular weight is 261 g/mol. The minimum Gasteiger partial charge on any atom is -0.382 e. The van der Waals surface area contributed by atoms with Gasteiger partial charge in [-0.2, -0.15) is 0 Å². The molecule has 0 radical (unpaired) electrons. The first-order valence-corrected chi connectivity index (χ1v) is 7.66. The first kappa shape index (κ1) is 14.4. The summed E-state index contributed by atoms with van der Waals surface area (Å²) in [6.07, 6.45) is 8.14. The van der Waals surface area contributed by atoms with Crippen molar-refractivity contribution in [2.45, 2.75) is 58.1 Å². The zero-order chi connectivity index (χ0) is 13.5. The molecule has 0 unspecified atom stereocenters. The number of anilines is 1. The molecule has 1 aromatic rings. The van der Waals surface area contributed by atoms with Crippen molar-refractivity contribution in [1.82, 2.24) is 0 Å². The Hall–Kier alpha value is -1.02. The summed E-state index contributed by atoms with van der Waals surface area (Å²) in [5.74, 6) is 0.970. The van der Waals surface area contributed by atoms with Crippen LogP contribution in [0.1, 0.15) is 51.0 Å². The third-order valence-electron chi connectivity index (χ3n) is 4.22. The van der Waals surface area contributed by atoms with Crippen molar-refractivity contribution in [2.75, 3.05) is 12.4 Å². The van der Waals surface area contributed by atoms with Crippen molar-refractivity contribution in [3.8, 4) is 0 Å². The van der Waals surface area contributed by atoms with E-state index >= 15 is 0 Å². The highest BCUT2D eigenvalue weighted by atomic mass is 16.5. The summed E-state index contributed by atoms with van der Waals surface area (Å²) in [6.45, 7) is 2.99. The molecule has 2 rings (SSSR count). The minimum absolute atomic E-state index is 0.645. The lowest BCUT2D eigenvalue weighted by Gasteiger charge is -2.30. The van der Waals surface area contributed by atoms with Crippen LogP contribution in [0.25, 0.3) is 0 Å². The van der Waals surface area contributed by atoms with Gasteiger partial charge in [0.2, 0.25) is 0 Å². The van der Waals surface area contributed by atoms with Crippen LogP contribution in [0.3, 0.4) is 0 Å². The molecule has 1 saturated carbocycles. The number of hydrogen-bond acceptors (Lipinski definition) is 2. The Balaban J connectivity index is 1.88. The van der Waals surface area contributed by atoms with Crippen LogP contribution in [0.15, 0.2) is 24.3 Å². The zero-order valence-corrected chi connectivity index (χ0v) is 12.3. The van der Waals surface area contributed by atoms with Gasteiger partial charge < -0.3 is 10.1 Å². The molecule has 0 aliphatic heterocycles. The summed E-state index contributed by atoms with van der Waals surface area (Å²) in [7, 11) is 1.76. The molecule has 0 aromatic heterocycles. The first-order valence-electron chi connectivity index (χ1n) is 7.66. The molecule has 0 bridgehead atoms. The Labute approximate surface area is 117 Å². The van der Waals surface area contributed by atoms with E-state index in [9.17, 15) is 0 Å². The van der Waals surface area contributed by atoms with Crippen LogP contribution in [0.2, 0.25) is 0 Å². The van der Waals surface area contributed by atoms with Crippen LogP contribution in [-0.2, 0) is 11.3 Å². The molecule has 2 nitrogen and oxygen atoms in total. The van der Waals surface area contributed by atoms with E-state index in [0.717, 1.165) is 5.92 Å². The van der Waals surface area contributed by atoms with Gasteiger partial charge in [0.15, 0.2) is 0 Å². The van der Waals surface area contributed by atoms with Gasteiger partial charge in [-0.1, -0.05) is 38.0 Å². The smallest absolute Gasteiger partial charge is 0.0733 e. The Morgan fingerprint density at radius 1 is 1.16 bits per heavy atom. The standard InChI is InChI=1S/C17H27NO/c1-3-6-14-9-11-16(12-10-14)18-17-8-5-4-7-15(17)13-19-2/h4-5,7-8,14,16,18H,3,6,9-13H2,1-2H3. The first-order chi connectivity index (χ1) is 9.33. The largest absolute Gasteiger partial charge is 0.382 e.